The van der Waals surface area contributed by atoms with Crippen molar-refractivity contribution in [1.82, 2.24) is 19.9 Å². The van der Waals surface area contributed by atoms with Crippen LogP contribution in [0.1, 0.15) is 20.7 Å². The highest BCUT2D eigenvalue weighted by atomic mass is 35.5. The zero-order valence-electron chi connectivity index (χ0n) is 14.4. The van der Waals surface area contributed by atoms with Crippen LogP contribution < -0.4 is 10.6 Å². The van der Waals surface area contributed by atoms with Crippen LogP contribution in [0.2, 0.25) is 5.02 Å². The fourth-order valence-electron chi connectivity index (χ4n) is 3.17. The number of carbonyl (C=O) groups excluding carboxylic acids is 2. The number of piperazine rings is 1. The highest BCUT2D eigenvalue weighted by Gasteiger charge is 2.24. The van der Waals surface area contributed by atoms with Crippen LogP contribution in [0.3, 0.4) is 0 Å². The molecule has 2 aromatic heterocycles. The van der Waals surface area contributed by atoms with Gasteiger partial charge >= 0.3 is 0 Å². The second-order valence-corrected chi connectivity index (χ2v) is 6.71. The number of halogens is 1. The monoisotopic (exact) mass is 384 g/mol. The Morgan fingerprint density at radius 1 is 1.07 bits per heavy atom. The number of aromatic nitrogens is 3. The predicted octanol–water partition coefficient (Wildman–Crippen LogP) is 1.67. The molecule has 0 aliphatic carbocycles. The number of H-pyrrole nitrogens is 1. The molecule has 0 unspecified atom stereocenters. The molecule has 3 heterocycles. The summed E-state index contributed by atoms with van der Waals surface area (Å²) in [6, 6.07) is 6.96. The van der Waals surface area contributed by atoms with E-state index >= 15 is 0 Å². The summed E-state index contributed by atoms with van der Waals surface area (Å²) >= 11 is 6.24. The quantitative estimate of drug-likeness (QED) is 0.714. The SMILES string of the molecule is NC(=O)c1cnc(N2CCN(C(=O)c3ccc4nc[nH]c4c3)CC2)c(Cl)c1. The second-order valence-electron chi connectivity index (χ2n) is 6.31. The van der Waals surface area contributed by atoms with E-state index in [9.17, 15) is 9.59 Å². The summed E-state index contributed by atoms with van der Waals surface area (Å²) in [6.45, 7) is 2.30. The Hall–Kier alpha value is -3.13. The first-order valence-electron chi connectivity index (χ1n) is 8.45. The molecule has 0 bridgehead atoms. The van der Waals surface area contributed by atoms with Crippen LogP contribution in [0.4, 0.5) is 5.82 Å². The second kappa shape index (κ2) is 6.88. The molecule has 3 aromatic rings. The van der Waals surface area contributed by atoms with Gasteiger partial charge in [0.2, 0.25) is 5.91 Å². The minimum absolute atomic E-state index is 0.0192. The van der Waals surface area contributed by atoms with E-state index in [1.54, 1.807) is 17.3 Å². The average molecular weight is 385 g/mol. The van der Waals surface area contributed by atoms with Crippen molar-refractivity contribution in [1.29, 1.82) is 0 Å². The Balaban J connectivity index is 1.45. The summed E-state index contributed by atoms with van der Waals surface area (Å²) in [6.07, 6.45) is 3.03. The third-order valence-electron chi connectivity index (χ3n) is 4.64. The van der Waals surface area contributed by atoms with Gasteiger partial charge in [0.15, 0.2) is 0 Å². The number of rotatable bonds is 3. The Bertz CT molecular complexity index is 1030. The summed E-state index contributed by atoms with van der Waals surface area (Å²) in [7, 11) is 0. The number of amides is 2. The van der Waals surface area contributed by atoms with E-state index in [4.69, 9.17) is 17.3 Å². The number of anilines is 1. The molecule has 2 amide bonds. The normalized spacial score (nSPS) is 14.6. The van der Waals surface area contributed by atoms with E-state index in [0.717, 1.165) is 11.0 Å². The van der Waals surface area contributed by atoms with E-state index in [1.807, 2.05) is 17.0 Å². The molecule has 9 heteroatoms. The molecular weight excluding hydrogens is 368 g/mol. The van der Waals surface area contributed by atoms with Gasteiger partial charge in [-0.2, -0.15) is 0 Å². The lowest BCUT2D eigenvalue weighted by atomic mass is 10.1. The van der Waals surface area contributed by atoms with Crippen LogP contribution >= 0.6 is 11.6 Å². The molecule has 1 saturated heterocycles. The van der Waals surface area contributed by atoms with Crippen LogP contribution in [0.25, 0.3) is 11.0 Å². The molecule has 0 radical (unpaired) electrons. The van der Waals surface area contributed by atoms with Gasteiger partial charge in [-0.05, 0) is 24.3 Å². The first kappa shape index (κ1) is 17.3. The fraction of sp³-hybridized carbons (Fsp3) is 0.222. The highest BCUT2D eigenvalue weighted by molar-refractivity contribution is 6.33. The van der Waals surface area contributed by atoms with E-state index in [0.29, 0.717) is 42.6 Å². The van der Waals surface area contributed by atoms with Crippen molar-refractivity contribution in [3.63, 3.8) is 0 Å². The van der Waals surface area contributed by atoms with Crippen LogP contribution in [0, 0.1) is 0 Å². The van der Waals surface area contributed by atoms with E-state index < -0.39 is 5.91 Å². The van der Waals surface area contributed by atoms with Crippen molar-refractivity contribution in [3.8, 4) is 0 Å². The number of nitrogens with one attached hydrogen (secondary N) is 1. The smallest absolute Gasteiger partial charge is 0.254 e. The van der Waals surface area contributed by atoms with Gasteiger partial charge in [0, 0.05) is 37.9 Å². The van der Waals surface area contributed by atoms with Gasteiger partial charge in [0.25, 0.3) is 5.91 Å². The minimum atomic E-state index is -0.569. The lowest BCUT2D eigenvalue weighted by Crippen LogP contribution is -2.49. The van der Waals surface area contributed by atoms with Crippen molar-refractivity contribution >= 4 is 40.3 Å². The largest absolute Gasteiger partial charge is 0.366 e. The molecule has 0 atom stereocenters. The number of primary amides is 1. The molecular formula is C18H17ClN6O2. The van der Waals surface area contributed by atoms with Gasteiger partial charge in [0.05, 0.1) is 27.9 Å². The van der Waals surface area contributed by atoms with Crippen molar-refractivity contribution < 1.29 is 9.59 Å². The number of nitrogens with two attached hydrogens (primary N) is 1. The molecule has 27 heavy (non-hydrogen) atoms. The summed E-state index contributed by atoms with van der Waals surface area (Å²) in [4.78, 5) is 39.2. The number of imidazole rings is 1. The standard InChI is InChI=1S/C18H17ClN6O2/c19-13-7-12(16(20)26)9-21-17(13)24-3-5-25(6-4-24)18(27)11-1-2-14-15(8-11)23-10-22-14/h1-2,7-10H,3-6H2,(H2,20,26)(H,22,23). The van der Waals surface area contributed by atoms with Crippen LogP contribution in [0.15, 0.2) is 36.8 Å². The van der Waals surface area contributed by atoms with E-state index in [1.165, 1.54) is 12.3 Å². The molecule has 0 spiro atoms. The third kappa shape index (κ3) is 3.31. The fourth-order valence-corrected chi connectivity index (χ4v) is 3.46. The maximum Gasteiger partial charge on any atom is 0.254 e. The highest BCUT2D eigenvalue weighted by Crippen LogP contribution is 2.25. The zero-order valence-corrected chi connectivity index (χ0v) is 15.1. The van der Waals surface area contributed by atoms with Gasteiger partial charge in [-0.25, -0.2) is 9.97 Å². The Labute approximate surface area is 159 Å². The van der Waals surface area contributed by atoms with Crippen molar-refractivity contribution in [2.45, 2.75) is 0 Å². The average Bonchev–Trinajstić information content (AvgIpc) is 3.15. The number of pyridine rings is 1. The summed E-state index contributed by atoms with van der Waals surface area (Å²) in [5, 5.41) is 0.371. The lowest BCUT2D eigenvalue weighted by Gasteiger charge is -2.35. The third-order valence-corrected chi connectivity index (χ3v) is 4.92. The summed E-state index contributed by atoms with van der Waals surface area (Å²) in [5.41, 5.74) is 7.81. The molecule has 0 saturated carbocycles. The van der Waals surface area contributed by atoms with Gasteiger partial charge in [0.1, 0.15) is 5.82 Å². The lowest BCUT2D eigenvalue weighted by molar-refractivity contribution is 0.0746. The van der Waals surface area contributed by atoms with E-state index in [2.05, 4.69) is 15.0 Å². The van der Waals surface area contributed by atoms with Crippen molar-refractivity contribution in [2.24, 2.45) is 5.73 Å². The molecule has 1 fully saturated rings. The number of hydrogen-bond donors (Lipinski definition) is 2. The minimum Gasteiger partial charge on any atom is -0.366 e. The van der Waals surface area contributed by atoms with Gasteiger partial charge in [-0.15, -0.1) is 0 Å². The van der Waals surface area contributed by atoms with Crippen molar-refractivity contribution in [2.75, 3.05) is 31.1 Å². The topological polar surface area (TPSA) is 108 Å². The Morgan fingerprint density at radius 2 is 1.85 bits per heavy atom. The maximum absolute atomic E-state index is 12.8. The van der Waals surface area contributed by atoms with Gasteiger partial charge in [-0.3, -0.25) is 9.59 Å². The first-order chi connectivity index (χ1) is 13.0. The molecule has 1 aromatic carbocycles. The predicted molar refractivity (Wildman–Crippen MR) is 102 cm³/mol. The number of carbonyl (C=O) groups is 2. The number of fused-ring (bicyclic) bond motifs is 1. The number of aromatic amines is 1. The summed E-state index contributed by atoms with van der Waals surface area (Å²) in [5.74, 6) is 0.00234. The Kier molecular flexibility index (Phi) is 4.41. The van der Waals surface area contributed by atoms with Gasteiger partial charge in [-0.1, -0.05) is 11.6 Å². The number of hydrogen-bond acceptors (Lipinski definition) is 5. The van der Waals surface area contributed by atoms with Crippen LogP contribution in [-0.4, -0.2) is 57.8 Å². The van der Waals surface area contributed by atoms with Crippen LogP contribution in [0.5, 0.6) is 0 Å². The zero-order chi connectivity index (χ0) is 19.0. The molecule has 4 rings (SSSR count). The molecule has 1 aliphatic heterocycles. The molecule has 1 aliphatic rings. The summed E-state index contributed by atoms with van der Waals surface area (Å²) < 4.78 is 0. The molecule has 3 N–H and O–H groups in total. The number of nitrogens with zero attached hydrogens (tertiary/aromatic N) is 4. The first-order valence-corrected chi connectivity index (χ1v) is 8.83. The number of benzene rings is 1. The molecule has 138 valence electrons. The maximum atomic E-state index is 12.8. The van der Waals surface area contributed by atoms with Crippen molar-refractivity contribution in [3.05, 3.63) is 52.9 Å². The van der Waals surface area contributed by atoms with E-state index in [-0.39, 0.29) is 11.5 Å². The van der Waals surface area contributed by atoms with Crippen LogP contribution in [-0.2, 0) is 0 Å². The van der Waals surface area contributed by atoms with Gasteiger partial charge < -0.3 is 20.5 Å². The molecule has 8 nitrogen and oxygen atoms in total. The Morgan fingerprint density at radius 3 is 2.56 bits per heavy atom.